The van der Waals surface area contributed by atoms with Crippen LogP contribution in [0, 0.1) is 11.8 Å². The van der Waals surface area contributed by atoms with Crippen LogP contribution in [0.25, 0.3) is 0 Å². The van der Waals surface area contributed by atoms with Crippen LogP contribution in [0.4, 0.5) is 0 Å². The minimum atomic E-state index is -0.868. The molecule has 1 amide bonds. The van der Waals surface area contributed by atoms with Gasteiger partial charge in [-0.05, 0) is 30.4 Å². The lowest BCUT2D eigenvalue weighted by molar-refractivity contribution is -0.145. The molecule has 1 saturated heterocycles. The van der Waals surface area contributed by atoms with Crippen molar-refractivity contribution in [2.24, 2.45) is 11.8 Å². The van der Waals surface area contributed by atoms with Crippen LogP contribution < -0.4 is 10.1 Å². The van der Waals surface area contributed by atoms with E-state index in [-0.39, 0.29) is 18.4 Å². The first-order valence-electron chi connectivity index (χ1n) is 7.98. The molecule has 0 saturated carbocycles. The van der Waals surface area contributed by atoms with Gasteiger partial charge in [0.15, 0.2) is 6.10 Å². The lowest BCUT2D eigenvalue weighted by Gasteiger charge is -2.28. The molecule has 2 aliphatic rings. The van der Waals surface area contributed by atoms with Crippen molar-refractivity contribution >= 4 is 11.9 Å². The van der Waals surface area contributed by atoms with E-state index in [1.807, 2.05) is 24.3 Å². The first kappa shape index (κ1) is 15.8. The highest BCUT2D eigenvalue weighted by atomic mass is 16.5. The fourth-order valence-electron chi connectivity index (χ4n) is 3.23. The molecule has 2 heterocycles. The number of amides is 1. The Bertz CT molecular complexity index is 557. The van der Waals surface area contributed by atoms with Gasteiger partial charge in [-0.25, -0.2) is 0 Å². The molecular weight excluding hydrogens is 298 g/mol. The summed E-state index contributed by atoms with van der Waals surface area (Å²) in [5, 5.41) is 12.2. The average molecular weight is 319 g/mol. The Kier molecular flexibility index (Phi) is 4.81. The maximum Gasteiger partial charge on any atom is 0.308 e. The molecule has 0 radical (unpaired) electrons. The van der Waals surface area contributed by atoms with Gasteiger partial charge < -0.3 is 19.9 Å². The zero-order valence-electron chi connectivity index (χ0n) is 12.9. The number of para-hydroxylation sites is 1. The molecule has 2 N–H and O–H groups in total. The third-order valence-electron chi connectivity index (χ3n) is 4.59. The summed E-state index contributed by atoms with van der Waals surface area (Å²) in [5.74, 6) is -0.922. The minimum Gasteiger partial charge on any atom is -0.481 e. The predicted octanol–water partition coefficient (Wildman–Crippen LogP) is 1.23. The Morgan fingerprint density at radius 3 is 2.70 bits per heavy atom. The van der Waals surface area contributed by atoms with Crippen LogP contribution in [0.2, 0.25) is 0 Å². The van der Waals surface area contributed by atoms with Gasteiger partial charge in [0.25, 0.3) is 5.91 Å². The Morgan fingerprint density at radius 1 is 1.26 bits per heavy atom. The van der Waals surface area contributed by atoms with Crippen LogP contribution in [0.5, 0.6) is 5.75 Å². The predicted molar refractivity (Wildman–Crippen MR) is 82.2 cm³/mol. The number of carboxylic acids is 1. The molecule has 6 nitrogen and oxygen atoms in total. The monoisotopic (exact) mass is 319 g/mol. The molecule has 2 atom stereocenters. The van der Waals surface area contributed by atoms with Crippen LogP contribution in [0.15, 0.2) is 24.3 Å². The van der Waals surface area contributed by atoms with Crippen molar-refractivity contribution in [3.63, 3.8) is 0 Å². The van der Waals surface area contributed by atoms with Crippen LogP contribution >= 0.6 is 0 Å². The first-order chi connectivity index (χ1) is 11.1. The van der Waals surface area contributed by atoms with Crippen LogP contribution in [0.3, 0.4) is 0 Å². The lowest BCUT2D eigenvalue weighted by Crippen LogP contribution is -2.43. The molecule has 6 heteroatoms. The van der Waals surface area contributed by atoms with Crippen molar-refractivity contribution in [3.05, 3.63) is 29.8 Å². The molecule has 23 heavy (non-hydrogen) atoms. The molecule has 2 unspecified atom stereocenters. The van der Waals surface area contributed by atoms with E-state index < -0.39 is 18.0 Å². The molecule has 3 rings (SSSR count). The van der Waals surface area contributed by atoms with Crippen molar-refractivity contribution in [2.45, 2.75) is 25.4 Å². The minimum absolute atomic E-state index is 0.0447. The summed E-state index contributed by atoms with van der Waals surface area (Å²) in [4.78, 5) is 23.8. The van der Waals surface area contributed by atoms with Crippen LogP contribution in [0.1, 0.15) is 18.4 Å². The third-order valence-corrected chi connectivity index (χ3v) is 4.59. The van der Waals surface area contributed by atoms with Crippen molar-refractivity contribution in [1.82, 2.24) is 5.32 Å². The fourth-order valence-corrected chi connectivity index (χ4v) is 3.23. The quantitative estimate of drug-likeness (QED) is 0.853. The highest BCUT2D eigenvalue weighted by Crippen LogP contribution is 2.28. The standard InChI is InChI=1S/C17H21NO5/c19-16(15-9-12-3-1-2-4-14(12)23-15)18-10-13(17(20)21)11-5-7-22-8-6-11/h1-4,11,13,15H,5-10H2,(H,18,19)(H,20,21). The Morgan fingerprint density at radius 2 is 2.00 bits per heavy atom. The number of hydrogen-bond donors (Lipinski definition) is 2. The second-order valence-corrected chi connectivity index (χ2v) is 6.06. The molecule has 1 aromatic carbocycles. The largest absolute Gasteiger partial charge is 0.481 e. The van der Waals surface area contributed by atoms with E-state index in [0.29, 0.717) is 19.6 Å². The normalized spacial score (nSPS) is 22.0. The summed E-state index contributed by atoms with van der Waals surface area (Å²) in [5.41, 5.74) is 1.01. The summed E-state index contributed by atoms with van der Waals surface area (Å²) in [7, 11) is 0. The van der Waals surface area contributed by atoms with Gasteiger partial charge in [0, 0.05) is 26.2 Å². The van der Waals surface area contributed by atoms with E-state index in [2.05, 4.69) is 5.32 Å². The van der Waals surface area contributed by atoms with E-state index in [1.165, 1.54) is 0 Å². The fraction of sp³-hybridized carbons (Fsp3) is 0.529. The second kappa shape index (κ2) is 7.00. The van der Waals surface area contributed by atoms with Gasteiger partial charge in [-0.15, -0.1) is 0 Å². The molecule has 124 valence electrons. The zero-order chi connectivity index (χ0) is 16.2. The maximum absolute atomic E-state index is 12.3. The van der Waals surface area contributed by atoms with Crippen molar-refractivity contribution < 1.29 is 24.2 Å². The molecule has 0 spiro atoms. The smallest absolute Gasteiger partial charge is 0.308 e. The lowest BCUT2D eigenvalue weighted by atomic mass is 9.86. The molecule has 1 fully saturated rings. The summed E-state index contributed by atoms with van der Waals surface area (Å²) in [6, 6.07) is 7.55. The Labute approximate surface area is 134 Å². The number of carbonyl (C=O) groups excluding carboxylic acids is 1. The van der Waals surface area contributed by atoms with Gasteiger partial charge in [-0.2, -0.15) is 0 Å². The van der Waals surface area contributed by atoms with Crippen molar-refractivity contribution in [2.75, 3.05) is 19.8 Å². The highest BCUT2D eigenvalue weighted by molar-refractivity contribution is 5.83. The van der Waals surface area contributed by atoms with E-state index in [1.54, 1.807) is 0 Å². The number of ether oxygens (including phenoxy) is 2. The summed E-state index contributed by atoms with van der Waals surface area (Å²) >= 11 is 0. The summed E-state index contributed by atoms with van der Waals surface area (Å²) in [6.07, 6.45) is 1.39. The molecule has 0 aliphatic carbocycles. The zero-order valence-corrected chi connectivity index (χ0v) is 12.9. The van der Waals surface area contributed by atoms with Gasteiger partial charge >= 0.3 is 5.97 Å². The SMILES string of the molecule is O=C(NCC(C(=O)O)C1CCOCC1)C1Cc2ccccc2O1. The summed E-state index contributed by atoms with van der Waals surface area (Å²) in [6.45, 7) is 1.31. The first-order valence-corrected chi connectivity index (χ1v) is 7.98. The maximum atomic E-state index is 12.3. The topological polar surface area (TPSA) is 84.9 Å². The van der Waals surface area contributed by atoms with Crippen molar-refractivity contribution in [3.8, 4) is 5.75 Å². The van der Waals surface area contributed by atoms with Gasteiger partial charge in [0.05, 0.1) is 5.92 Å². The van der Waals surface area contributed by atoms with Crippen LogP contribution in [-0.2, 0) is 20.7 Å². The number of nitrogens with one attached hydrogen (secondary N) is 1. The summed E-state index contributed by atoms with van der Waals surface area (Å²) < 4.78 is 10.9. The van der Waals surface area contributed by atoms with Gasteiger partial charge in [0.2, 0.25) is 0 Å². The average Bonchev–Trinajstić information content (AvgIpc) is 2.99. The van der Waals surface area contributed by atoms with E-state index in [0.717, 1.165) is 24.2 Å². The number of benzene rings is 1. The van der Waals surface area contributed by atoms with E-state index in [9.17, 15) is 14.7 Å². The Balaban J connectivity index is 1.54. The number of aliphatic carboxylic acids is 1. The van der Waals surface area contributed by atoms with Gasteiger partial charge in [0.1, 0.15) is 5.75 Å². The molecule has 1 aromatic rings. The number of rotatable bonds is 5. The highest BCUT2D eigenvalue weighted by Gasteiger charge is 2.33. The molecular formula is C17H21NO5. The number of carboxylic acid groups (broad SMARTS) is 1. The van der Waals surface area contributed by atoms with Crippen LogP contribution in [-0.4, -0.2) is 42.8 Å². The second-order valence-electron chi connectivity index (χ2n) is 6.06. The molecule has 0 bridgehead atoms. The van der Waals surface area contributed by atoms with Gasteiger partial charge in [-0.1, -0.05) is 18.2 Å². The van der Waals surface area contributed by atoms with E-state index in [4.69, 9.17) is 9.47 Å². The third kappa shape index (κ3) is 3.64. The number of fused-ring (bicyclic) bond motifs is 1. The Hall–Kier alpha value is -2.08. The molecule has 0 aromatic heterocycles. The van der Waals surface area contributed by atoms with E-state index >= 15 is 0 Å². The van der Waals surface area contributed by atoms with Gasteiger partial charge in [-0.3, -0.25) is 9.59 Å². The number of carbonyl (C=O) groups is 2. The molecule has 2 aliphatic heterocycles. The number of hydrogen-bond acceptors (Lipinski definition) is 4. The van der Waals surface area contributed by atoms with Crippen molar-refractivity contribution in [1.29, 1.82) is 0 Å².